The third kappa shape index (κ3) is 5.14. The fourth-order valence-electron chi connectivity index (χ4n) is 2.60. The Bertz CT molecular complexity index is 1170. The Labute approximate surface area is 166 Å². The summed E-state index contributed by atoms with van der Waals surface area (Å²) >= 11 is 0. The van der Waals surface area contributed by atoms with E-state index in [2.05, 4.69) is 19.6 Å². The summed E-state index contributed by atoms with van der Waals surface area (Å²) in [5, 5.41) is 2.96. The first kappa shape index (κ1) is 20.8. The molecule has 3 aromatic rings. The topological polar surface area (TPSA) is 76.5 Å². The van der Waals surface area contributed by atoms with E-state index < -0.39 is 34.1 Å². The summed E-state index contributed by atoms with van der Waals surface area (Å²) in [5.41, 5.74) is 0.717. The van der Waals surface area contributed by atoms with Crippen molar-refractivity contribution in [2.75, 3.05) is 24.5 Å². The maximum atomic E-state index is 14.8. The molecule has 1 aromatic heterocycles. The molecule has 1 atom stereocenters. The third-order valence-electron chi connectivity index (χ3n) is 3.74. The lowest BCUT2D eigenvalue weighted by atomic mass is 10.2. The molecule has 0 spiro atoms. The molecule has 0 aliphatic heterocycles. The minimum absolute atomic E-state index is 0.0608. The second-order valence-electron chi connectivity index (χ2n) is 6.66. The molecule has 1 N–H and O–H groups in total. The monoisotopic (exact) mass is 424 g/mol. The first-order valence-corrected chi connectivity index (χ1v) is 10.9. The van der Waals surface area contributed by atoms with E-state index in [0.717, 1.165) is 12.1 Å². The first-order chi connectivity index (χ1) is 13.7. The number of rotatable bonds is 6. The van der Waals surface area contributed by atoms with Gasteiger partial charge in [0.25, 0.3) is 0 Å². The van der Waals surface area contributed by atoms with Crippen LogP contribution < -0.4 is 10.1 Å². The number of hydrogen-bond donors (Lipinski definition) is 1. The summed E-state index contributed by atoms with van der Waals surface area (Å²) < 4.78 is 62.5. The molecular formula is C19H19F3N4O2S. The predicted octanol–water partition coefficient (Wildman–Crippen LogP) is 4.75. The van der Waals surface area contributed by atoms with Gasteiger partial charge < -0.3 is 10.1 Å². The number of benzene rings is 2. The number of nitrogens with zero attached hydrogens (tertiary/aromatic N) is 3. The highest BCUT2D eigenvalue weighted by molar-refractivity contribution is 7.92. The standard InChI is InChI=1S/C19H19F3N4O2S/c1-11(9-20)28-17-6-12(21)4-5-15(17)25-19-18-14(22)7-13(26-29(2,3)27)8-16(18)23-10-24-19/h4-8,10-11H,9H2,1-3H3,(H,23,24,25). The second-order valence-corrected chi connectivity index (χ2v) is 9.21. The van der Waals surface area contributed by atoms with Crippen LogP contribution in [0, 0.1) is 11.6 Å². The molecule has 10 heteroatoms. The summed E-state index contributed by atoms with van der Waals surface area (Å²) in [6.45, 7) is 0.740. The zero-order valence-electron chi connectivity index (χ0n) is 15.9. The van der Waals surface area contributed by atoms with Gasteiger partial charge in [0.15, 0.2) is 0 Å². The molecule has 0 radical (unpaired) electrons. The Hall–Kier alpha value is -2.88. The molecule has 0 saturated heterocycles. The fourth-order valence-corrected chi connectivity index (χ4v) is 3.22. The van der Waals surface area contributed by atoms with E-state index in [-0.39, 0.29) is 33.8 Å². The van der Waals surface area contributed by atoms with Gasteiger partial charge in [-0.1, -0.05) is 0 Å². The van der Waals surface area contributed by atoms with Gasteiger partial charge in [-0.2, -0.15) is 4.36 Å². The quantitative estimate of drug-likeness (QED) is 0.618. The zero-order valence-corrected chi connectivity index (χ0v) is 16.8. The molecule has 2 aromatic carbocycles. The maximum absolute atomic E-state index is 14.8. The van der Waals surface area contributed by atoms with Gasteiger partial charge in [-0.25, -0.2) is 27.3 Å². The largest absolute Gasteiger partial charge is 0.486 e. The van der Waals surface area contributed by atoms with Crippen molar-refractivity contribution in [1.29, 1.82) is 0 Å². The van der Waals surface area contributed by atoms with E-state index in [1.807, 2.05) is 0 Å². The molecule has 0 fully saturated rings. The number of fused-ring (bicyclic) bond motifs is 1. The van der Waals surface area contributed by atoms with E-state index in [4.69, 9.17) is 4.74 Å². The van der Waals surface area contributed by atoms with Crippen molar-refractivity contribution in [3.05, 3.63) is 48.3 Å². The van der Waals surface area contributed by atoms with Gasteiger partial charge in [-0.15, -0.1) is 0 Å². The van der Waals surface area contributed by atoms with Crippen molar-refractivity contribution in [2.24, 2.45) is 4.36 Å². The average Bonchev–Trinajstić information content (AvgIpc) is 2.62. The molecule has 154 valence electrons. The Kier molecular flexibility index (Phi) is 5.92. The van der Waals surface area contributed by atoms with Crippen LogP contribution in [0.15, 0.2) is 41.0 Å². The summed E-state index contributed by atoms with van der Waals surface area (Å²) in [6.07, 6.45) is 3.31. The number of hydrogen-bond acceptors (Lipinski definition) is 6. The van der Waals surface area contributed by atoms with Crippen molar-refractivity contribution < 1.29 is 22.1 Å². The van der Waals surface area contributed by atoms with Crippen molar-refractivity contribution in [3.63, 3.8) is 0 Å². The van der Waals surface area contributed by atoms with E-state index in [0.29, 0.717) is 0 Å². The normalized spacial score (nSPS) is 12.6. The van der Waals surface area contributed by atoms with Crippen LogP contribution in [0.5, 0.6) is 5.75 Å². The van der Waals surface area contributed by atoms with Crippen LogP contribution in [0.2, 0.25) is 0 Å². The van der Waals surface area contributed by atoms with Crippen molar-refractivity contribution in [2.45, 2.75) is 13.0 Å². The Morgan fingerprint density at radius 3 is 2.66 bits per heavy atom. The lowest BCUT2D eigenvalue weighted by Gasteiger charge is -2.17. The molecule has 29 heavy (non-hydrogen) atoms. The van der Waals surface area contributed by atoms with E-state index in [1.165, 1.54) is 44.0 Å². The van der Waals surface area contributed by atoms with Crippen molar-refractivity contribution >= 4 is 37.8 Å². The molecule has 0 saturated carbocycles. The van der Waals surface area contributed by atoms with Gasteiger partial charge in [0.1, 0.15) is 42.3 Å². The zero-order chi connectivity index (χ0) is 21.2. The van der Waals surface area contributed by atoms with Crippen LogP contribution in [0.4, 0.5) is 30.4 Å². The van der Waals surface area contributed by atoms with Crippen LogP contribution in [0.1, 0.15) is 6.92 Å². The van der Waals surface area contributed by atoms with Gasteiger partial charge in [0.05, 0.1) is 22.3 Å². The van der Waals surface area contributed by atoms with Crippen LogP contribution in [-0.4, -0.2) is 39.5 Å². The second kappa shape index (κ2) is 8.24. The highest BCUT2D eigenvalue weighted by atomic mass is 32.2. The SMILES string of the molecule is CC(CF)Oc1cc(F)ccc1Nc1ncnc2cc(N=S(C)(C)=O)cc(F)c12. The number of halogens is 3. The number of anilines is 2. The van der Waals surface area contributed by atoms with Gasteiger partial charge in [-0.3, -0.25) is 0 Å². The Morgan fingerprint density at radius 2 is 1.97 bits per heavy atom. The molecule has 0 bridgehead atoms. The minimum atomic E-state index is -2.48. The third-order valence-corrected chi connectivity index (χ3v) is 4.39. The molecule has 1 unspecified atom stereocenters. The first-order valence-electron chi connectivity index (χ1n) is 8.57. The Balaban J connectivity index is 2.07. The van der Waals surface area contributed by atoms with Crippen LogP contribution >= 0.6 is 0 Å². The molecular weight excluding hydrogens is 405 g/mol. The van der Waals surface area contributed by atoms with E-state index in [1.54, 1.807) is 0 Å². The van der Waals surface area contributed by atoms with Crippen molar-refractivity contribution in [1.82, 2.24) is 9.97 Å². The summed E-state index contributed by atoms with van der Waals surface area (Å²) in [5.74, 6) is -1.07. The molecule has 0 amide bonds. The number of aromatic nitrogens is 2. The van der Waals surface area contributed by atoms with E-state index in [9.17, 15) is 17.4 Å². The van der Waals surface area contributed by atoms with Crippen LogP contribution in [0.25, 0.3) is 10.9 Å². The van der Waals surface area contributed by atoms with Crippen molar-refractivity contribution in [3.8, 4) is 5.75 Å². The molecule has 6 nitrogen and oxygen atoms in total. The highest BCUT2D eigenvalue weighted by Gasteiger charge is 2.15. The maximum Gasteiger partial charge on any atom is 0.146 e. The molecule has 1 heterocycles. The average molecular weight is 424 g/mol. The van der Waals surface area contributed by atoms with Gasteiger partial charge in [-0.05, 0) is 25.1 Å². The summed E-state index contributed by atoms with van der Waals surface area (Å²) in [6, 6.07) is 6.30. The lowest BCUT2D eigenvalue weighted by molar-refractivity contribution is 0.182. The number of ether oxygens (including phenoxy) is 1. The predicted molar refractivity (Wildman–Crippen MR) is 107 cm³/mol. The van der Waals surface area contributed by atoms with Gasteiger partial charge in [0.2, 0.25) is 0 Å². The fraction of sp³-hybridized carbons (Fsp3) is 0.263. The molecule has 0 aliphatic carbocycles. The molecule has 0 aliphatic rings. The number of nitrogens with one attached hydrogen (secondary N) is 1. The Morgan fingerprint density at radius 1 is 1.21 bits per heavy atom. The molecule has 3 rings (SSSR count). The smallest absolute Gasteiger partial charge is 0.146 e. The summed E-state index contributed by atoms with van der Waals surface area (Å²) in [4.78, 5) is 8.11. The highest BCUT2D eigenvalue weighted by Crippen LogP contribution is 2.33. The van der Waals surface area contributed by atoms with E-state index >= 15 is 0 Å². The van der Waals surface area contributed by atoms with Gasteiger partial charge >= 0.3 is 0 Å². The van der Waals surface area contributed by atoms with Crippen LogP contribution in [0.3, 0.4) is 0 Å². The lowest BCUT2D eigenvalue weighted by Crippen LogP contribution is -2.14. The minimum Gasteiger partial charge on any atom is -0.486 e. The van der Waals surface area contributed by atoms with Crippen LogP contribution in [-0.2, 0) is 9.73 Å². The van der Waals surface area contributed by atoms with Gasteiger partial charge in [0, 0.05) is 34.4 Å². The summed E-state index contributed by atoms with van der Waals surface area (Å²) in [7, 11) is -2.48. The number of alkyl halides is 1.